The molecular weight excluding hydrogens is 274 g/mol. The number of rotatable bonds is 3. The number of nitrogens with zero attached hydrogens (tertiary/aromatic N) is 3. The average molecular weight is 293 g/mol. The Hall–Kier alpha value is -2.20. The van der Waals surface area contributed by atoms with Crippen LogP contribution < -0.4 is 0 Å². The molecule has 1 saturated heterocycles. The summed E-state index contributed by atoms with van der Waals surface area (Å²) in [7, 11) is 0. The fourth-order valence-electron chi connectivity index (χ4n) is 3.34. The van der Waals surface area contributed by atoms with E-state index in [0.717, 1.165) is 24.5 Å². The molecular formula is C18H19N3O. The Bertz CT molecular complexity index is 651. The zero-order chi connectivity index (χ0) is 14.8. The third-order valence-corrected chi connectivity index (χ3v) is 4.43. The Labute approximate surface area is 130 Å². The van der Waals surface area contributed by atoms with Gasteiger partial charge in [0.25, 0.3) is 0 Å². The highest BCUT2D eigenvalue weighted by Gasteiger charge is 2.41. The lowest BCUT2D eigenvalue weighted by molar-refractivity contribution is -0.0340. The van der Waals surface area contributed by atoms with E-state index in [1.807, 2.05) is 30.5 Å². The molecule has 2 aliphatic rings. The first-order chi connectivity index (χ1) is 10.9. The van der Waals surface area contributed by atoms with Gasteiger partial charge in [-0.3, -0.25) is 9.88 Å². The van der Waals surface area contributed by atoms with Crippen LogP contribution in [0, 0.1) is 0 Å². The summed E-state index contributed by atoms with van der Waals surface area (Å²) in [6.07, 6.45) is 4.27. The molecule has 1 fully saturated rings. The van der Waals surface area contributed by atoms with E-state index in [0.29, 0.717) is 0 Å². The van der Waals surface area contributed by atoms with Gasteiger partial charge >= 0.3 is 0 Å². The fraction of sp³-hybridized carbons (Fsp3) is 0.333. The third kappa shape index (κ3) is 2.40. The molecule has 4 heteroatoms. The predicted molar refractivity (Wildman–Crippen MR) is 85.6 cm³/mol. The Morgan fingerprint density at radius 3 is 2.45 bits per heavy atom. The Kier molecular flexibility index (Phi) is 3.60. The average Bonchev–Trinajstić information content (AvgIpc) is 3.25. The minimum Gasteiger partial charge on any atom is -0.375 e. The molecule has 1 aromatic carbocycles. The van der Waals surface area contributed by atoms with Gasteiger partial charge < -0.3 is 4.84 Å². The summed E-state index contributed by atoms with van der Waals surface area (Å²) in [6.45, 7) is 2.16. The molecule has 0 N–H and O–H groups in total. The van der Waals surface area contributed by atoms with E-state index in [1.165, 1.54) is 18.4 Å². The summed E-state index contributed by atoms with van der Waals surface area (Å²) in [5, 5.41) is 4.40. The van der Waals surface area contributed by atoms with Crippen LogP contribution >= 0.6 is 0 Å². The van der Waals surface area contributed by atoms with Crippen molar-refractivity contribution in [2.24, 2.45) is 5.16 Å². The van der Waals surface area contributed by atoms with E-state index in [2.05, 4.69) is 39.3 Å². The predicted octanol–water partition coefficient (Wildman–Crippen LogP) is 3.02. The van der Waals surface area contributed by atoms with Gasteiger partial charge in [-0.2, -0.15) is 0 Å². The van der Waals surface area contributed by atoms with Crippen LogP contribution in [0.5, 0.6) is 0 Å². The second-order valence-corrected chi connectivity index (χ2v) is 5.82. The summed E-state index contributed by atoms with van der Waals surface area (Å²) in [6, 6.07) is 16.4. The highest BCUT2D eigenvalue weighted by Crippen LogP contribution is 2.35. The van der Waals surface area contributed by atoms with Gasteiger partial charge in [-0.15, -0.1) is 0 Å². The largest absolute Gasteiger partial charge is 0.375 e. The Morgan fingerprint density at radius 1 is 0.955 bits per heavy atom. The third-order valence-electron chi connectivity index (χ3n) is 4.43. The number of oxime groups is 1. The molecule has 4 nitrogen and oxygen atoms in total. The number of likely N-dealkylation sites (tertiary alicyclic amines) is 1. The van der Waals surface area contributed by atoms with Gasteiger partial charge in [0.1, 0.15) is 5.71 Å². The van der Waals surface area contributed by atoms with Crippen LogP contribution in [0.25, 0.3) is 0 Å². The summed E-state index contributed by atoms with van der Waals surface area (Å²) in [4.78, 5) is 12.7. The zero-order valence-electron chi connectivity index (χ0n) is 12.4. The van der Waals surface area contributed by atoms with E-state index in [-0.39, 0.29) is 12.1 Å². The molecule has 0 spiro atoms. The van der Waals surface area contributed by atoms with Crippen LogP contribution in [0.2, 0.25) is 0 Å². The molecule has 0 aliphatic carbocycles. The minimum atomic E-state index is -0.0121. The van der Waals surface area contributed by atoms with E-state index in [4.69, 9.17) is 4.84 Å². The molecule has 0 amide bonds. The molecule has 2 aromatic rings. The molecule has 0 unspecified atom stereocenters. The molecule has 0 bridgehead atoms. The van der Waals surface area contributed by atoms with Crippen LogP contribution in [0.15, 0.2) is 59.9 Å². The topological polar surface area (TPSA) is 37.7 Å². The summed E-state index contributed by atoms with van der Waals surface area (Å²) < 4.78 is 0. The van der Waals surface area contributed by atoms with Crippen LogP contribution in [0.3, 0.4) is 0 Å². The van der Waals surface area contributed by atoms with Crippen molar-refractivity contribution in [3.8, 4) is 0 Å². The second kappa shape index (κ2) is 5.89. The van der Waals surface area contributed by atoms with Crippen molar-refractivity contribution in [2.75, 3.05) is 13.1 Å². The molecule has 2 atom stereocenters. The van der Waals surface area contributed by atoms with Crippen molar-refractivity contribution in [1.82, 2.24) is 9.88 Å². The maximum Gasteiger partial charge on any atom is 0.193 e. The highest BCUT2D eigenvalue weighted by molar-refractivity contribution is 6.04. The highest BCUT2D eigenvalue weighted by atomic mass is 16.7. The molecule has 1 aromatic heterocycles. The lowest BCUT2D eigenvalue weighted by Gasteiger charge is -2.27. The van der Waals surface area contributed by atoms with Crippen molar-refractivity contribution in [3.63, 3.8) is 0 Å². The van der Waals surface area contributed by atoms with Crippen molar-refractivity contribution >= 4 is 5.71 Å². The van der Waals surface area contributed by atoms with Gasteiger partial charge in [-0.1, -0.05) is 41.6 Å². The number of pyridine rings is 1. The quantitative estimate of drug-likeness (QED) is 0.873. The summed E-state index contributed by atoms with van der Waals surface area (Å²) >= 11 is 0. The van der Waals surface area contributed by atoms with E-state index in [9.17, 15) is 0 Å². The molecule has 3 heterocycles. The fourth-order valence-corrected chi connectivity index (χ4v) is 3.34. The first-order valence-corrected chi connectivity index (χ1v) is 7.87. The molecule has 0 radical (unpaired) electrons. The van der Waals surface area contributed by atoms with Crippen molar-refractivity contribution in [1.29, 1.82) is 0 Å². The van der Waals surface area contributed by atoms with Gasteiger partial charge in [0.05, 0.1) is 11.6 Å². The van der Waals surface area contributed by atoms with Gasteiger partial charge in [0.2, 0.25) is 0 Å². The maximum atomic E-state index is 5.84. The molecule has 0 saturated carbocycles. The van der Waals surface area contributed by atoms with E-state index < -0.39 is 0 Å². The van der Waals surface area contributed by atoms with Gasteiger partial charge in [-0.25, -0.2) is 0 Å². The van der Waals surface area contributed by atoms with Crippen molar-refractivity contribution in [3.05, 3.63) is 66.0 Å². The monoisotopic (exact) mass is 293 g/mol. The first kappa shape index (κ1) is 13.5. The van der Waals surface area contributed by atoms with E-state index in [1.54, 1.807) is 0 Å². The number of aromatic nitrogens is 1. The standard InChI is InChI=1S/C18H19N3O/c1-2-8-14(9-3-1)16-17(15-10-4-5-11-19-15)20-22-18(16)21-12-6-7-13-21/h1-5,8-11,16,18H,6-7,12-13H2/t16-,18-/m0/s1. The number of hydrogen-bond donors (Lipinski definition) is 0. The zero-order valence-corrected chi connectivity index (χ0v) is 12.4. The number of benzene rings is 1. The molecule has 4 rings (SSSR count). The molecule has 112 valence electrons. The minimum absolute atomic E-state index is 0.0121. The normalized spacial score (nSPS) is 25.0. The maximum absolute atomic E-state index is 5.84. The molecule has 22 heavy (non-hydrogen) atoms. The van der Waals surface area contributed by atoms with Gasteiger partial charge in [-0.05, 0) is 30.5 Å². The lowest BCUT2D eigenvalue weighted by atomic mass is 9.90. The van der Waals surface area contributed by atoms with Gasteiger partial charge in [0.15, 0.2) is 6.23 Å². The van der Waals surface area contributed by atoms with Crippen molar-refractivity contribution < 1.29 is 4.84 Å². The Morgan fingerprint density at radius 2 is 1.73 bits per heavy atom. The van der Waals surface area contributed by atoms with Crippen LogP contribution in [-0.4, -0.2) is 34.9 Å². The van der Waals surface area contributed by atoms with E-state index >= 15 is 0 Å². The number of hydrogen-bond acceptors (Lipinski definition) is 4. The van der Waals surface area contributed by atoms with Crippen LogP contribution in [-0.2, 0) is 4.84 Å². The smallest absolute Gasteiger partial charge is 0.193 e. The summed E-state index contributed by atoms with van der Waals surface area (Å²) in [5.41, 5.74) is 3.07. The molecule has 2 aliphatic heterocycles. The summed E-state index contributed by atoms with van der Waals surface area (Å²) in [5.74, 6) is 0.120. The Balaban J connectivity index is 1.72. The first-order valence-electron chi connectivity index (χ1n) is 7.87. The van der Waals surface area contributed by atoms with Gasteiger partial charge in [0, 0.05) is 19.3 Å². The lowest BCUT2D eigenvalue weighted by Crippen LogP contribution is -2.38. The SMILES string of the molecule is c1ccc([C@H]2C(c3ccccn3)=NO[C@@H]2N2CCCC2)cc1. The van der Waals surface area contributed by atoms with Crippen LogP contribution in [0.4, 0.5) is 0 Å². The van der Waals surface area contributed by atoms with Crippen molar-refractivity contribution in [2.45, 2.75) is 25.0 Å². The second-order valence-electron chi connectivity index (χ2n) is 5.82. The van der Waals surface area contributed by atoms with Crippen LogP contribution in [0.1, 0.15) is 30.0 Å².